The van der Waals surface area contributed by atoms with Gasteiger partial charge in [-0.3, -0.25) is 18.6 Å². The lowest BCUT2D eigenvalue weighted by molar-refractivity contribution is 0.426. The van der Waals surface area contributed by atoms with Gasteiger partial charge in [-0.05, 0) is 55.5 Å². The zero-order chi connectivity index (χ0) is 21.9. The van der Waals surface area contributed by atoms with Crippen molar-refractivity contribution in [2.45, 2.75) is 55.2 Å². The van der Waals surface area contributed by atoms with E-state index in [2.05, 4.69) is 16.4 Å². The van der Waals surface area contributed by atoms with Crippen LogP contribution in [0.5, 0.6) is 0 Å². The third kappa shape index (κ3) is 3.14. The third-order valence-electron chi connectivity index (χ3n) is 6.72. The lowest BCUT2D eigenvalue weighted by Gasteiger charge is -2.33. The Morgan fingerprint density at radius 2 is 2.13 bits per heavy atom. The number of fused-ring (bicyclic) bond motifs is 2. The number of hydrogen-bond acceptors (Lipinski definition) is 6. The largest absolute Gasteiger partial charge is 0.338 e. The lowest BCUT2D eigenvalue weighted by Crippen LogP contribution is -2.13. The van der Waals surface area contributed by atoms with Gasteiger partial charge >= 0.3 is 0 Å². The van der Waals surface area contributed by atoms with Gasteiger partial charge in [-0.15, -0.1) is 0 Å². The standard InChI is InChI=1S/C22H25N5O3S/c1-12-13(2)31(29,30)19-6-5-15(11-16(12)19)25-21-20-18(8-10-24-22(20)28)27(26-21)17(7-9-23)14-3-4-14/h5-6,8,10-14,17,29-30H,3-4,7H2,1-2H3,(H,24,28)(H,25,26)/t12-,13-,17?/m1/s1. The van der Waals surface area contributed by atoms with Crippen LogP contribution in [0.1, 0.15) is 50.6 Å². The SMILES string of the molecule is C[C@@H]1[C@@H](C)c2cc(Nc3nn(C(CC#N)C4CC4)c4cc[nH]c(=O)c34)ccc2S1(O)O. The number of nitrogens with one attached hydrogen (secondary N) is 2. The maximum absolute atomic E-state index is 12.7. The number of H-pyrrole nitrogens is 1. The van der Waals surface area contributed by atoms with E-state index in [1.807, 2.05) is 30.7 Å². The summed E-state index contributed by atoms with van der Waals surface area (Å²) in [4.78, 5) is 16.0. The number of pyridine rings is 1. The zero-order valence-electron chi connectivity index (χ0n) is 17.4. The molecule has 3 atom stereocenters. The molecule has 2 aromatic heterocycles. The molecule has 8 nitrogen and oxygen atoms in total. The van der Waals surface area contributed by atoms with Crippen molar-refractivity contribution in [2.75, 3.05) is 5.32 Å². The van der Waals surface area contributed by atoms with Crippen molar-refractivity contribution < 1.29 is 9.11 Å². The van der Waals surface area contributed by atoms with Crippen molar-refractivity contribution in [1.29, 1.82) is 5.26 Å². The van der Waals surface area contributed by atoms with E-state index in [1.54, 1.807) is 18.3 Å². The number of anilines is 2. The second kappa shape index (κ2) is 7.12. The van der Waals surface area contributed by atoms with E-state index >= 15 is 0 Å². The van der Waals surface area contributed by atoms with Gasteiger partial charge in [0.15, 0.2) is 5.82 Å². The molecule has 9 heteroatoms. The van der Waals surface area contributed by atoms with Crippen LogP contribution in [0.15, 0.2) is 40.2 Å². The summed E-state index contributed by atoms with van der Waals surface area (Å²) in [5.74, 6) is 0.849. The van der Waals surface area contributed by atoms with E-state index < -0.39 is 10.6 Å². The Bertz CT molecular complexity index is 1270. The number of hydrogen-bond donors (Lipinski definition) is 4. The van der Waals surface area contributed by atoms with Crippen LogP contribution >= 0.6 is 10.6 Å². The molecule has 3 aromatic rings. The van der Waals surface area contributed by atoms with Crippen LogP contribution in [0.4, 0.5) is 11.5 Å². The number of benzene rings is 1. The minimum Gasteiger partial charge on any atom is -0.338 e. The first-order valence-electron chi connectivity index (χ1n) is 10.5. The minimum absolute atomic E-state index is 0.00864. The Kier molecular flexibility index (Phi) is 4.62. The highest BCUT2D eigenvalue weighted by Gasteiger charge is 2.40. The summed E-state index contributed by atoms with van der Waals surface area (Å²) < 4.78 is 22.9. The summed E-state index contributed by atoms with van der Waals surface area (Å²) in [6.45, 7) is 3.85. The summed E-state index contributed by atoms with van der Waals surface area (Å²) in [6, 6.07) is 9.47. The third-order valence-corrected chi connectivity index (χ3v) is 9.18. The van der Waals surface area contributed by atoms with Gasteiger partial charge < -0.3 is 10.3 Å². The Morgan fingerprint density at radius 1 is 1.35 bits per heavy atom. The summed E-state index contributed by atoms with van der Waals surface area (Å²) in [5.41, 5.74) is 2.09. The predicted octanol–water partition coefficient (Wildman–Crippen LogP) is 4.95. The van der Waals surface area contributed by atoms with Gasteiger partial charge in [0.1, 0.15) is 5.39 Å². The van der Waals surface area contributed by atoms with Gasteiger partial charge in [-0.1, -0.05) is 6.92 Å². The molecule has 1 saturated carbocycles. The molecular weight excluding hydrogens is 414 g/mol. The molecule has 0 radical (unpaired) electrons. The number of nitriles is 1. The second-order valence-corrected chi connectivity index (χ2v) is 11.0. The summed E-state index contributed by atoms with van der Waals surface area (Å²) in [6.07, 6.45) is 4.08. The molecule has 0 saturated heterocycles. The molecule has 2 aliphatic rings. The van der Waals surface area contributed by atoms with E-state index in [-0.39, 0.29) is 22.8 Å². The van der Waals surface area contributed by atoms with Gasteiger partial charge in [-0.25, -0.2) is 0 Å². The highest BCUT2D eigenvalue weighted by Crippen LogP contribution is 2.64. The van der Waals surface area contributed by atoms with Crippen molar-refractivity contribution >= 4 is 33.0 Å². The van der Waals surface area contributed by atoms with Gasteiger partial charge in [0, 0.05) is 17.8 Å². The zero-order valence-corrected chi connectivity index (χ0v) is 18.2. The molecule has 1 aliphatic heterocycles. The van der Waals surface area contributed by atoms with Crippen molar-refractivity contribution in [2.24, 2.45) is 5.92 Å². The van der Waals surface area contributed by atoms with Crippen molar-refractivity contribution in [3.8, 4) is 6.07 Å². The molecule has 4 N–H and O–H groups in total. The molecule has 1 aliphatic carbocycles. The number of nitrogens with zero attached hydrogens (tertiary/aromatic N) is 3. The molecule has 5 rings (SSSR count). The predicted molar refractivity (Wildman–Crippen MR) is 121 cm³/mol. The average molecular weight is 440 g/mol. The van der Waals surface area contributed by atoms with Crippen LogP contribution in [0, 0.1) is 17.2 Å². The first-order valence-corrected chi connectivity index (χ1v) is 12.1. The molecule has 162 valence electrons. The molecule has 0 bridgehead atoms. The highest BCUT2D eigenvalue weighted by molar-refractivity contribution is 8.25. The summed E-state index contributed by atoms with van der Waals surface area (Å²) >= 11 is 0. The van der Waals surface area contributed by atoms with Gasteiger partial charge in [0.05, 0.1) is 34.2 Å². The maximum atomic E-state index is 12.7. The normalized spacial score (nSPS) is 23.8. The monoisotopic (exact) mass is 439 g/mol. The molecule has 3 heterocycles. The fourth-order valence-corrected chi connectivity index (χ4v) is 6.57. The molecular formula is C22H25N5O3S. The van der Waals surface area contributed by atoms with E-state index in [9.17, 15) is 19.2 Å². The second-order valence-electron chi connectivity index (χ2n) is 8.59. The number of aromatic nitrogens is 3. The minimum atomic E-state index is -2.81. The number of aromatic amines is 1. The molecule has 0 spiro atoms. The van der Waals surface area contributed by atoms with Crippen LogP contribution in [-0.4, -0.2) is 29.1 Å². The quantitative estimate of drug-likeness (QED) is 0.445. The summed E-state index contributed by atoms with van der Waals surface area (Å²) in [7, 11) is -2.81. The van der Waals surface area contributed by atoms with Crippen LogP contribution < -0.4 is 10.9 Å². The van der Waals surface area contributed by atoms with E-state index in [1.165, 1.54) is 0 Å². The lowest BCUT2D eigenvalue weighted by atomic mass is 9.98. The van der Waals surface area contributed by atoms with Gasteiger partial charge in [0.2, 0.25) is 0 Å². The first kappa shape index (κ1) is 20.1. The summed E-state index contributed by atoms with van der Waals surface area (Å²) in [5, 5.41) is 17.5. The first-order chi connectivity index (χ1) is 14.8. The fourth-order valence-electron chi connectivity index (χ4n) is 4.60. The van der Waals surface area contributed by atoms with Crippen molar-refractivity contribution in [3.05, 3.63) is 46.4 Å². The Hall–Kier alpha value is -2.80. The molecule has 1 fully saturated rings. The maximum Gasteiger partial charge on any atom is 0.261 e. The number of rotatable bonds is 5. The van der Waals surface area contributed by atoms with E-state index in [0.717, 1.165) is 24.1 Å². The van der Waals surface area contributed by atoms with Crippen LogP contribution in [0.25, 0.3) is 10.9 Å². The molecule has 1 aromatic carbocycles. The van der Waals surface area contributed by atoms with Crippen molar-refractivity contribution in [3.63, 3.8) is 0 Å². The van der Waals surface area contributed by atoms with Crippen LogP contribution in [0.2, 0.25) is 0 Å². The van der Waals surface area contributed by atoms with E-state index in [4.69, 9.17) is 5.10 Å². The molecule has 1 unspecified atom stereocenters. The average Bonchev–Trinajstić information content (AvgIpc) is 3.50. The highest BCUT2D eigenvalue weighted by atomic mass is 32.3. The Balaban J connectivity index is 1.58. The fraction of sp³-hybridized carbons (Fsp3) is 0.409. The van der Waals surface area contributed by atoms with Crippen LogP contribution in [0.3, 0.4) is 0 Å². The van der Waals surface area contributed by atoms with Gasteiger partial charge in [0.25, 0.3) is 5.56 Å². The Morgan fingerprint density at radius 3 is 2.84 bits per heavy atom. The van der Waals surface area contributed by atoms with Crippen molar-refractivity contribution in [1.82, 2.24) is 14.8 Å². The topological polar surface area (TPSA) is 127 Å². The van der Waals surface area contributed by atoms with Gasteiger partial charge in [-0.2, -0.15) is 21.0 Å². The van der Waals surface area contributed by atoms with Crippen LogP contribution in [-0.2, 0) is 0 Å². The molecule has 0 amide bonds. The van der Waals surface area contributed by atoms with E-state index in [0.29, 0.717) is 34.0 Å². The smallest absolute Gasteiger partial charge is 0.261 e. The molecule has 31 heavy (non-hydrogen) atoms. The Labute approximate surface area is 181 Å².